The van der Waals surface area contributed by atoms with Crippen LogP contribution in [0.5, 0.6) is 0 Å². The van der Waals surface area contributed by atoms with E-state index in [0.29, 0.717) is 10.9 Å². The van der Waals surface area contributed by atoms with Crippen molar-refractivity contribution in [2.24, 2.45) is 5.73 Å². The molecule has 0 heterocycles. The van der Waals surface area contributed by atoms with Gasteiger partial charge in [0.1, 0.15) is 6.04 Å². The Morgan fingerprint density at radius 3 is 2.21 bits per heavy atom. The summed E-state index contributed by atoms with van der Waals surface area (Å²) in [5, 5.41) is 10.4. The van der Waals surface area contributed by atoms with Crippen molar-refractivity contribution in [3.8, 4) is 0 Å². The van der Waals surface area contributed by atoms with E-state index in [-0.39, 0.29) is 16.2 Å². The first-order valence-corrected chi connectivity index (χ1v) is 10.2. The number of hydrogen-bond donors (Lipinski definition) is 2. The van der Waals surface area contributed by atoms with Crippen molar-refractivity contribution in [1.82, 2.24) is 0 Å². The smallest absolute Gasteiger partial charge is 0.320 e. The minimum Gasteiger partial charge on any atom is -0.480 e. The van der Waals surface area contributed by atoms with Crippen molar-refractivity contribution in [3.63, 3.8) is 0 Å². The van der Waals surface area contributed by atoms with Gasteiger partial charge in [-0.05, 0) is 36.2 Å². The van der Waals surface area contributed by atoms with Gasteiger partial charge in [-0.15, -0.1) is 0 Å². The van der Waals surface area contributed by atoms with E-state index in [1.807, 2.05) is 37.2 Å². The van der Waals surface area contributed by atoms with Crippen LogP contribution in [0.4, 0.5) is 5.69 Å². The predicted molar refractivity (Wildman–Crippen MR) is 109 cm³/mol. The first-order valence-electron chi connectivity index (χ1n) is 8.73. The molecule has 7 heteroatoms. The van der Waals surface area contributed by atoms with Crippen molar-refractivity contribution in [1.29, 1.82) is 0 Å². The molecule has 0 saturated heterocycles. The van der Waals surface area contributed by atoms with Crippen LogP contribution in [0.2, 0.25) is 0 Å². The number of carboxylic acids is 1. The van der Waals surface area contributed by atoms with Gasteiger partial charge in [-0.2, -0.15) is 0 Å². The fourth-order valence-electron chi connectivity index (χ4n) is 3.16. The van der Waals surface area contributed by atoms with Crippen LogP contribution in [0.25, 0.3) is 10.8 Å². The Morgan fingerprint density at radius 1 is 1.00 bits per heavy atom. The molecule has 3 rings (SSSR count). The highest BCUT2D eigenvalue weighted by atomic mass is 32.2. The molecule has 1 atom stereocenters. The molecular weight excluding hydrogens is 376 g/mol. The molecular formula is C21H22N2O4S. The summed E-state index contributed by atoms with van der Waals surface area (Å²) >= 11 is 0. The van der Waals surface area contributed by atoms with E-state index in [4.69, 9.17) is 10.8 Å². The van der Waals surface area contributed by atoms with Crippen LogP contribution in [0, 0.1) is 0 Å². The summed E-state index contributed by atoms with van der Waals surface area (Å²) in [6.07, 6.45) is 0.135. The maximum atomic E-state index is 13.2. The Balaban J connectivity index is 2.04. The number of benzene rings is 3. The lowest BCUT2D eigenvalue weighted by Crippen LogP contribution is -2.32. The van der Waals surface area contributed by atoms with E-state index in [2.05, 4.69) is 0 Å². The monoisotopic (exact) mass is 398 g/mol. The van der Waals surface area contributed by atoms with Gasteiger partial charge in [0.2, 0.25) is 9.84 Å². The third-order valence-corrected chi connectivity index (χ3v) is 6.46. The second-order valence-corrected chi connectivity index (χ2v) is 8.74. The number of aliphatic carboxylic acids is 1. The molecule has 146 valence electrons. The zero-order chi connectivity index (χ0) is 20.5. The molecule has 0 amide bonds. The van der Waals surface area contributed by atoms with Crippen LogP contribution < -0.4 is 10.6 Å². The summed E-state index contributed by atoms with van der Waals surface area (Å²) in [5.41, 5.74) is 7.15. The lowest BCUT2D eigenvalue weighted by atomic mass is 10.1. The molecule has 0 saturated carbocycles. The quantitative estimate of drug-likeness (QED) is 0.662. The first kappa shape index (κ1) is 19.9. The van der Waals surface area contributed by atoms with E-state index in [1.54, 1.807) is 30.3 Å². The normalized spacial score (nSPS) is 12.7. The molecule has 0 fully saturated rings. The third kappa shape index (κ3) is 3.72. The molecule has 0 spiro atoms. The molecule has 0 aliphatic carbocycles. The Morgan fingerprint density at radius 2 is 1.61 bits per heavy atom. The molecule has 3 aromatic rings. The van der Waals surface area contributed by atoms with E-state index in [9.17, 15) is 13.2 Å². The van der Waals surface area contributed by atoms with Crippen LogP contribution in [0.15, 0.2) is 70.5 Å². The predicted octanol–water partition coefficient (Wildman–Crippen LogP) is 2.69. The molecule has 0 aliphatic heterocycles. The third-order valence-electron chi connectivity index (χ3n) is 4.64. The summed E-state index contributed by atoms with van der Waals surface area (Å²) in [4.78, 5) is 13.2. The molecule has 0 bridgehead atoms. The second-order valence-electron chi connectivity index (χ2n) is 6.82. The van der Waals surface area contributed by atoms with E-state index < -0.39 is 21.8 Å². The Hall–Kier alpha value is -2.90. The van der Waals surface area contributed by atoms with E-state index in [1.165, 1.54) is 12.1 Å². The molecule has 3 aromatic carbocycles. The average molecular weight is 398 g/mol. The van der Waals surface area contributed by atoms with Crippen molar-refractivity contribution >= 4 is 32.3 Å². The summed E-state index contributed by atoms with van der Waals surface area (Å²) in [7, 11) is 0.0907. The zero-order valence-electron chi connectivity index (χ0n) is 15.7. The summed E-state index contributed by atoms with van der Waals surface area (Å²) < 4.78 is 26.5. The lowest BCUT2D eigenvalue weighted by molar-refractivity contribution is -0.138. The zero-order valence-corrected chi connectivity index (χ0v) is 16.5. The summed E-state index contributed by atoms with van der Waals surface area (Å²) in [6.45, 7) is 0. The summed E-state index contributed by atoms with van der Waals surface area (Å²) in [5.74, 6) is -1.09. The average Bonchev–Trinajstić information content (AvgIpc) is 2.67. The standard InChI is InChI=1S/C21H22N2O4S/c1-23(2)19-7-3-6-17-16(19)5-4-8-20(17)28(26,27)15-11-9-14(10-12-15)13-18(22)21(24)25/h3-12,18H,13,22H2,1-2H3,(H,24,25)/t18-/m0/s1. The number of nitrogens with two attached hydrogens (primary N) is 1. The van der Waals surface area contributed by atoms with Crippen LogP contribution in [0.1, 0.15) is 5.56 Å². The van der Waals surface area contributed by atoms with Crippen LogP contribution in [0.3, 0.4) is 0 Å². The van der Waals surface area contributed by atoms with Gasteiger partial charge in [0, 0.05) is 30.6 Å². The minimum atomic E-state index is -3.74. The van der Waals surface area contributed by atoms with Gasteiger partial charge < -0.3 is 15.7 Å². The van der Waals surface area contributed by atoms with E-state index >= 15 is 0 Å². The number of fused-ring (bicyclic) bond motifs is 1. The molecule has 3 N–H and O–H groups in total. The SMILES string of the molecule is CN(C)c1cccc2c(S(=O)(=O)c3ccc(C[C@H](N)C(=O)O)cc3)cccc12. The highest BCUT2D eigenvalue weighted by molar-refractivity contribution is 7.91. The van der Waals surface area contributed by atoms with Crippen molar-refractivity contribution in [3.05, 3.63) is 66.2 Å². The first-order chi connectivity index (χ1) is 13.2. The molecule has 0 aromatic heterocycles. The van der Waals surface area contributed by atoms with Gasteiger partial charge in [-0.25, -0.2) is 8.42 Å². The summed E-state index contributed by atoms with van der Waals surface area (Å²) in [6, 6.07) is 16.0. The number of carbonyl (C=O) groups is 1. The maximum Gasteiger partial charge on any atom is 0.320 e. The molecule has 0 aliphatic rings. The number of hydrogen-bond acceptors (Lipinski definition) is 5. The maximum absolute atomic E-state index is 13.2. The topological polar surface area (TPSA) is 101 Å². The highest BCUT2D eigenvalue weighted by Gasteiger charge is 2.21. The van der Waals surface area contributed by atoms with E-state index in [0.717, 1.165) is 11.1 Å². The minimum absolute atomic E-state index is 0.135. The molecule has 0 radical (unpaired) electrons. The number of nitrogens with zero attached hydrogens (tertiary/aromatic N) is 1. The molecule has 6 nitrogen and oxygen atoms in total. The lowest BCUT2D eigenvalue weighted by Gasteiger charge is -2.17. The van der Waals surface area contributed by atoms with Gasteiger partial charge in [0.25, 0.3) is 0 Å². The fourth-order valence-corrected chi connectivity index (χ4v) is 4.64. The van der Waals surface area contributed by atoms with Crippen molar-refractivity contribution < 1.29 is 18.3 Å². The second kappa shape index (κ2) is 7.61. The van der Waals surface area contributed by atoms with Crippen molar-refractivity contribution in [2.75, 3.05) is 19.0 Å². The Labute approximate surface area is 164 Å². The fraction of sp³-hybridized carbons (Fsp3) is 0.190. The molecule has 28 heavy (non-hydrogen) atoms. The number of anilines is 1. The number of sulfone groups is 1. The molecule has 0 unspecified atom stereocenters. The van der Waals surface area contributed by atoms with Gasteiger partial charge >= 0.3 is 5.97 Å². The Bertz CT molecular complexity index is 1120. The van der Waals surface area contributed by atoms with Gasteiger partial charge in [-0.1, -0.05) is 36.4 Å². The van der Waals surface area contributed by atoms with Gasteiger partial charge in [0.15, 0.2) is 0 Å². The largest absolute Gasteiger partial charge is 0.480 e. The number of rotatable bonds is 6. The number of carboxylic acid groups (broad SMARTS) is 1. The van der Waals surface area contributed by atoms with Gasteiger partial charge in [0.05, 0.1) is 9.79 Å². The van der Waals surface area contributed by atoms with Gasteiger partial charge in [-0.3, -0.25) is 4.79 Å². The van der Waals surface area contributed by atoms with Crippen LogP contribution in [-0.2, 0) is 21.1 Å². The Kier molecular flexibility index (Phi) is 5.40. The van der Waals surface area contributed by atoms with Crippen LogP contribution >= 0.6 is 0 Å². The van der Waals surface area contributed by atoms with Crippen LogP contribution in [-0.4, -0.2) is 39.6 Å². The highest BCUT2D eigenvalue weighted by Crippen LogP contribution is 2.33. The van der Waals surface area contributed by atoms with Crippen molar-refractivity contribution in [2.45, 2.75) is 22.3 Å².